The lowest BCUT2D eigenvalue weighted by Crippen LogP contribution is -2.54. The molecule has 0 heterocycles. The van der Waals surface area contributed by atoms with E-state index in [0.29, 0.717) is 34.2 Å². The molecule has 2 rings (SSSR count). The van der Waals surface area contributed by atoms with Crippen LogP contribution in [0.25, 0.3) is 0 Å². The molecule has 0 unspecified atom stereocenters. The molecular formula is C24H46O2Si. The molecule has 0 aromatic carbocycles. The minimum atomic E-state index is -1.81. The Bertz CT molecular complexity index is 505. The number of carbonyl (C=O) groups is 1. The van der Waals surface area contributed by atoms with E-state index in [9.17, 15) is 4.79 Å². The van der Waals surface area contributed by atoms with E-state index in [1.807, 2.05) is 0 Å². The number of hydrogen-bond acceptors (Lipinski definition) is 2. The fraction of sp³-hybridized carbons (Fsp3) is 0.958. The van der Waals surface area contributed by atoms with Crippen molar-refractivity contribution in [3.63, 3.8) is 0 Å². The summed E-state index contributed by atoms with van der Waals surface area (Å²) in [4.78, 5) is 12.8. The minimum absolute atomic E-state index is 0.0812. The van der Waals surface area contributed by atoms with E-state index < -0.39 is 8.32 Å². The Morgan fingerprint density at radius 1 is 1.04 bits per heavy atom. The fourth-order valence-electron chi connectivity index (χ4n) is 7.19. The Kier molecular flexibility index (Phi) is 7.11. The molecule has 2 aliphatic rings. The molecule has 0 aromatic rings. The first-order valence-corrected chi connectivity index (χ1v) is 13.7. The second-order valence-corrected chi connectivity index (χ2v) is 16.6. The first-order valence-electron chi connectivity index (χ1n) is 11.6. The van der Waals surface area contributed by atoms with Crippen LogP contribution >= 0.6 is 0 Å². The van der Waals surface area contributed by atoms with Crippen LogP contribution in [0.2, 0.25) is 16.6 Å². The van der Waals surface area contributed by atoms with Crippen molar-refractivity contribution in [2.24, 2.45) is 22.7 Å². The highest BCUT2D eigenvalue weighted by atomic mass is 28.4. The number of carbonyl (C=O) groups excluding carboxylic acids is 1. The highest BCUT2D eigenvalue weighted by Gasteiger charge is 2.56. The van der Waals surface area contributed by atoms with Crippen LogP contribution in [0.1, 0.15) is 101 Å². The highest BCUT2D eigenvalue weighted by molar-refractivity contribution is 6.77. The molecule has 158 valence electrons. The van der Waals surface area contributed by atoms with Gasteiger partial charge in [-0.3, -0.25) is 4.79 Å². The zero-order chi connectivity index (χ0) is 20.6. The second-order valence-electron chi connectivity index (χ2n) is 11.1. The Labute approximate surface area is 170 Å². The predicted octanol–water partition coefficient (Wildman–Crippen LogP) is 7.38. The molecule has 27 heavy (non-hydrogen) atoms. The zero-order valence-corrected chi connectivity index (χ0v) is 20.7. The average molecular weight is 395 g/mol. The summed E-state index contributed by atoms with van der Waals surface area (Å²) in [7, 11) is -1.81. The predicted molar refractivity (Wildman–Crippen MR) is 119 cm³/mol. The van der Waals surface area contributed by atoms with Crippen molar-refractivity contribution in [1.29, 1.82) is 0 Å². The van der Waals surface area contributed by atoms with Gasteiger partial charge in [0.15, 0.2) is 8.32 Å². The molecule has 0 aliphatic heterocycles. The average Bonchev–Trinajstić information content (AvgIpc) is 2.56. The third kappa shape index (κ3) is 3.84. The Morgan fingerprint density at radius 2 is 1.59 bits per heavy atom. The smallest absolute Gasteiger partial charge is 0.200 e. The van der Waals surface area contributed by atoms with Gasteiger partial charge in [0, 0.05) is 18.4 Å². The quantitative estimate of drug-likeness (QED) is 0.421. The zero-order valence-electron chi connectivity index (χ0n) is 19.7. The standard InChI is InChI=1S/C24H46O2Si/c1-17(2)27(18(3)4,19(5)6)26-16-15-23(8)20(7)13-14-24(9)21(23)11-10-12-22(24)25/h17-21H,10-16H2,1-9H3/t20-,21+,23-,24+/m1/s1. The minimum Gasteiger partial charge on any atom is -0.416 e. The van der Waals surface area contributed by atoms with Gasteiger partial charge in [-0.05, 0) is 66.0 Å². The Hall–Kier alpha value is -0.153. The van der Waals surface area contributed by atoms with Crippen LogP contribution in [0, 0.1) is 22.7 Å². The lowest BCUT2D eigenvalue weighted by Gasteiger charge is -2.57. The van der Waals surface area contributed by atoms with Crippen molar-refractivity contribution >= 4 is 14.1 Å². The number of rotatable bonds is 7. The van der Waals surface area contributed by atoms with Crippen molar-refractivity contribution in [2.75, 3.05) is 6.61 Å². The molecule has 0 radical (unpaired) electrons. The van der Waals surface area contributed by atoms with E-state index in [4.69, 9.17) is 4.43 Å². The van der Waals surface area contributed by atoms with E-state index in [1.54, 1.807) is 0 Å². The largest absolute Gasteiger partial charge is 0.416 e. The Morgan fingerprint density at radius 3 is 2.11 bits per heavy atom. The van der Waals surface area contributed by atoms with E-state index in [0.717, 1.165) is 32.3 Å². The molecule has 0 saturated heterocycles. The van der Waals surface area contributed by atoms with Crippen LogP contribution in [-0.2, 0) is 9.22 Å². The Balaban J connectivity index is 2.20. The van der Waals surface area contributed by atoms with Crippen LogP contribution in [0.15, 0.2) is 0 Å². The van der Waals surface area contributed by atoms with Gasteiger partial charge in [-0.25, -0.2) is 0 Å². The number of fused-ring (bicyclic) bond motifs is 1. The third-order valence-corrected chi connectivity index (χ3v) is 15.1. The van der Waals surface area contributed by atoms with Gasteiger partial charge in [0.25, 0.3) is 0 Å². The maximum absolute atomic E-state index is 12.8. The topological polar surface area (TPSA) is 26.3 Å². The van der Waals surface area contributed by atoms with Crippen LogP contribution in [0.3, 0.4) is 0 Å². The van der Waals surface area contributed by atoms with E-state index in [2.05, 4.69) is 62.3 Å². The summed E-state index contributed by atoms with van der Waals surface area (Å²) in [6.07, 6.45) is 6.52. The summed E-state index contributed by atoms with van der Waals surface area (Å²) < 4.78 is 6.92. The molecule has 2 aliphatic carbocycles. The van der Waals surface area contributed by atoms with Gasteiger partial charge in [-0.2, -0.15) is 0 Å². The van der Waals surface area contributed by atoms with Crippen LogP contribution in [0.4, 0.5) is 0 Å². The second kappa shape index (κ2) is 8.30. The SMILES string of the molecule is CC(C)[Si](OCC[C@]1(C)[C@H](C)CC[C@]2(C)C(=O)CCC[C@@H]12)(C(C)C)C(C)C. The van der Waals surface area contributed by atoms with Gasteiger partial charge in [0.2, 0.25) is 0 Å². The molecule has 0 amide bonds. The van der Waals surface area contributed by atoms with Gasteiger partial charge in [-0.15, -0.1) is 0 Å². The molecule has 0 bridgehead atoms. The fourth-order valence-corrected chi connectivity index (χ4v) is 12.6. The molecule has 4 atom stereocenters. The van der Waals surface area contributed by atoms with Gasteiger partial charge >= 0.3 is 0 Å². The van der Waals surface area contributed by atoms with Gasteiger partial charge in [-0.1, -0.05) is 62.3 Å². The normalized spacial score (nSPS) is 35.2. The summed E-state index contributed by atoms with van der Waals surface area (Å²) in [5.74, 6) is 1.75. The number of hydrogen-bond donors (Lipinski definition) is 0. The molecule has 2 saturated carbocycles. The maximum Gasteiger partial charge on any atom is 0.200 e. The molecule has 2 fully saturated rings. The molecule has 2 nitrogen and oxygen atoms in total. The molecule has 0 aromatic heterocycles. The summed E-state index contributed by atoms with van der Waals surface area (Å²) in [6.45, 7) is 22.3. The monoisotopic (exact) mass is 394 g/mol. The number of ketones is 1. The van der Waals surface area contributed by atoms with Gasteiger partial charge in [0.05, 0.1) is 0 Å². The molecule has 0 spiro atoms. The maximum atomic E-state index is 12.8. The molecular weight excluding hydrogens is 348 g/mol. The lowest BCUT2D eigenvalue weighted by molar-refractivity contribution is -0.149. The van der Waals surface area contributed by atoms with Crippen LogP contribution in [0.5, 0.6) is 0 Å². The summed E-state index contributed by atoms with van der Waals surface area (Å²) >= 11 is 0. The van der Waals surface area contributed by atoms with Crippen LogP contribution < -0.4 is 0 Å². The van der Waals surface area contributed by atoms with Crippen molar-refractivity contribution in [3.05, 3.63) is 0 Å². The van der Waals surface area contributed by atoms with Crippen molar-refractivity contribution in [2.45, 2.75) is 117 Å². The first-order chi connectivity index (χ1) is 12.4. The van der Waals surface area contributed by atoms with Gasteiger partial charge in [0.1, 0.15) is 5.78 Å². The summed E-state index contributed by atoms with van der Waals surface area (Å²) in [5, 5.41) is 0. The van der Waals surface area contributed by atoms with E-state index in [-0.39, 0.29) is 10.8 Å². The highest BCUT2D eigenvalue weighted by Crippen LogP contribution is 2.60. The van der Waals surface area contributed by atoms with E-state index >= 15 is 0 Å². The summed E-state index contributed by atoms with van der Waals surface area (Å²) in [5.41, 5.74) is 2.05. The van der Waals surface area contributed by atoms with Crippen molar-refractivity contribution in [1.82, 2.24) is 0 Å². The molecule has 0 N–H and O–H groups in total. The van der Waals surface area contributed by atoms with E-state index in [1.165, 1.54) is 12.8 Å². The van der Waals surface area contributed by atoms with Crippen molar-refractivity contribution < 1.29 is 9.22 Å². The third-order valence-electron chi connectivity index (χ3n) is 9.02. The van der Waals surface area contributed by atoms with Gasteiger partial charge < -0.3 is 4.43 Å². The van der Waals surface area contributed by atoms with Crippen LogP contribution in [-0.4, -0.2) is 20.7 Å². The first kappa shape index (κ1) is 23.1. The molecule has 3 heteroatoms. The summed E-state index contributed by atoms with van der Waals surface area (Å²) in [6, 6.07) is 0. The van der Waals surface area contributed by atoms with Crippen molar-refractivity contribution in [3.8, 4) is 0 Å². The lowest BCUT2D eigenvalue weighted by atomic mass is 9.47. The number of Topliss-reactive ketones (excluding diaryl/α,β-unsaturated/α-hetero) is 1.